The number of hydrogen-bond donors (Lipinski definition) is 0. The van der Waals surface area contributed by atoms with E-state index in [0.717, 1.165) is 0 Å². The van der Waals surface area contributed by atoms with Crippen LogP contribution in [0.1, 0.15) is 0 Å². The zero-order valence-corrected chi connectivity index (χ0v) is 3.13. The van der Waals surface area contributed by atoms with E-state index < -0.39 is 6.67 Å². The highest BCUT2D eigenvalue weighted by Gasteiger charge is 1.69. The third kappa shape index (κ3) is 3.24. The normalized spacial score (nSPS) is 6.83. The Hall–Kier alpha value is -0.760. The van der Waals surface area contributed by atoms with Gasteiger partial charge in [0.2, 0.25) is 0 Å². The number of halogens is 1. The second-order valence-electron chi connectivity index (χ2n) is 0.643. The highest BCUT2D eigenvalue weighted by molar-refractivity contribution is 4.41. The molecular formula is C2H4FN3. The summed E-state index contributed by atoms with van der Waals surface area (Å²) in [6, 6.07) is 0. The van der Waals surface area contributed by atoms with Gasteiger partial charge < -0.3 is 0 Å². The van der Waals surface area contributed by atoms with Crippen molar-refractivity contribution in [3.8, 4) is 0 Å². The predicted octanol–water partition coefficient (Wildman–Crippen LogP) is 1.27. The predicted molar refractivity (Wildman–Crippen MR) is 20.0 cm³/mol. The molecule has 0 N–H and O–H groups in total. The van der Waals surface area contributed by atoms with Crippen LogP contribution in [0.15, 0.2) is 5.11 Å². The Kier molecular flexibility index (Phi) is 3.70. The fourth-order valence-electron chi connectivity index (χ4n) is 0.0825. The molecule has 0 aromatic carbocycles. The molecule has 0 saturated heterocycles. The average Bonchev–Trinajstić information content (AvgIpc) is 1.61. The molecule has 0 saturated carbocycles. The van der Waals surface area contributed by atoms with E-state index in [1.807, 2.05) is 0 Å². The minimum atomic E-state index is -0.565. The van der Waals surface area contributed by atoms with E-state index in [9.17, 15) is 4.39 Å². The third-order valence-electron chi connectivity index (χ3n) is 0.248. The van der Waals surface area contributed by atoms with Crippen LogP contribution in [-0.4, -0.2) is 13.2 Å². The summed E-state index contributed by atoms with van der Waals surface area (Å²) in [6.07, 6.45) is 0. The molecule has 0 spiro atoms. The molecule has 0 aliphatic rings. The van der Waals surface area contributed by atoms with Gasteiger partial charge in [-0.1, -0.05) is 5.11 Å². The first-order chi connectivity index (χ1) is 2.91. The van der Waals surface area contributed by atoms with Crippen LogP contribution in [0.5, 0.6) is 0 Å². The molecule has 34 valence electrons. The summed E-state index contributed by atoms with van der Waals surface area (Å²) in [6.45, 7) is -0.611. The molecule has 0 bridgehead atoms. The lowest BCUT2D eigenvalue weighted by atomic mass is 10.8. The van der Waals surface area contributed by atoms with Crippen molar-refractivity contribution in [3.05, 3.63) is 10.4 Å². The van der Waals surface area contributed by atoms with Gasteiger partial charge in [0.25, 0.3) is 0 Å². The average molecular weight is 88.1 g/mol. The second kappa shape index (κ2) is 4.24. The van der Waals surface area contributed by atoms with Crippen LogP contribution >= 0.6 is 0 Å². The van der Waals surface area contributed by atoms with Crippen molar-refractivity contribution >= 4 is 0 Å². The smallest absolute Gasteiger partial charge is 0.0950 e. The van der Waals surface area contributed by atoms with Gasteiger partial charge >= 0.3 is 0 Å². The van der Waals surface area contributed by atoms with Crippen LogP contribution in [0.4, 0.5) is 4.39 Å². The zero-order valence-electron chi connectivity index (χ0n) is 3.13. The van der Waals surface area contributed by atoms with Gasteiger partial charge in [0.05, 0.1) is 13.2 Å². The molecule has 3 nitrogen and oxygen atoms in total. The Morgan fingerprint density at radius 2 is 2.50 bits per heavy atom. The second-order valence-corrected chi connectivity index (χ2v) is 0.643. The zero-order chi connectivity index (χ0) is 4.83. The van der Waals surface area contributed by atoms with Crippen molar-refractivity contribution in [1.29, 1.82) is 0 Å². The van der Waals surface area contributed by atoms with Gasteiger partial charge in [0.15, 0.2) is 0 Å². The van der Waals surface area contributed by atoms with E-state index in [2.05, 4.69) is 10.0 Å². The molecular weight excluding hydrogens is 84.0 g/mol. The standard InChI is InChI=1S/C2H4FN3/c3-1-2-5-6-4/h1-2H2/i3-1. The minimum Gasteiger partial charge on any atom is -0.251 e. The molecule has 4 heteroatoms. The van der Waals surface area contributed by atoms with Gasteiger partial charge in [-0.25, -0.2) is 0 Å². The van der Waals surface area contributed by atoms with Gasteiger partial charge in [0.1, 0.15) is 0 Å². The van der Waals surface area contributed by atoms with Gasteiger partial charge in [-0.3, -0.25) is 4.39 Å². The fraction of sp³-hybridized carbons (Fsp3) is 1.00. The topological polar surface area (TPSA) is 48.8 Å². The molecule has 0 aromatic rings. The number of hydrogen-bond acceptors (Lipinski definition) is 1. The summed E-state index contributed by atoms with van der Waals surface area (Å²) in [5.41, 5.74) is 7.49. The maximum Gasteiger partial charge on any atom is 0.0950 e. The molecule has 0 radical (unpaired) electrons. The molecule has 0 aliphatic carbocycles. The number of nitrogens with zero attached hydrogens (tertiary/aromatic N) is 3. The molecule has 0 rings (SSSR count). The van der Waals surface area contributed by atoms with Crippen molar-refractivity contribution in [2.75, 3.05) is 13.2 Å². The molecule has 6 heavy (non-hydrogen) atoms. The monoisotopic (exact) mass is 88.0 g/mol. The summed E-state index contributed by atoms with van der Waals surface area (Å²) >= 11 is 0. The number of alkyl halides is 1. The first-order valence-corrected chi connectivity index (χ1v) is 1.48. The number of rotatable bonds is 2. The number of azide groups is 1. The Morgan fingerprint density at radius 3 is 2.67 bits per heavy atom. The maximum atomic E-state index is 10.9. The van der Waals surface area contributed by atoms with Crippen molar-refractivity contribution in [1.82, 2.24) is 0 Å². The minimum absolute atomic E-state index is 0.0451. The summed E-state index contributed by atoms with van der Waals surface area (Å²) in [7, 11) is 0. The molecule has 0 amide bonds. The van der Waals surface area contributed by atoms with Crippen LogP contribution < -0.4 is 0 Å². The van der Waals surface area contributed by atoms with E-state index in [-0.39, 0.29) is 6.54 Å². The Morgan fingerprint density at radius 1 is 1.83 bits per heavy atom. The lowest BCUT2D eigenvalue weighted by molar-refractivity contribution is 0.503. The summed E-state index contributed by atoms with van der Waals surface area (Å²) in [5, 5.41) is 2.90. The maximum absolute atomic E-state index is 10.9. The van der Waals surface area contributed by atoms with Crippen LogP contribution in [0, 0.1) is 0 Å². The first-order valence-electron chi connectivity index (χ1n) is 1.48. The SMILES string of the molecule is [N-]=[N+]=NCC[18F]. The molecule has 0 aliphatic heterocycles. The largest absolute Gasteiger partial charge is 0.251 e. The van der Waals surface area contributed by atoms with Crippen LogP contribution in [0.25, 0.3) is 10.4 Å². The summed E-state index contributed by atoms with van der Waals surface area (Å²) in [5.74, 6) is 0. The van der Waals surface area contributed by atoms with E-state index in [1.54, 1.807) is 0 Å². The summed E-state index contributed by atoms with van der Waals surface area (Å²) in [4.78, 5) is 2.31. The highest BCUT2D eigenvalue weighted by atomic mass is 18.2. The molecule has 0 aromatic heterocycles. The van der Waals surface area contributed by atoms with Gasteiger partial charge in [0, 0.05) is 4.91 Å². The van der Waals surface area contributed by atoms with Crippen molar-refractivity contribution in [2.24, 2.45) is 5.11 Å². The molecule has 0 fully saturated rings. The van der Waals surface area contributed by atoms with Crippen molar-refractivity contribution in [2.45, 2.75) is 0 Å². The lowest BCUT2D eigenvalue weighted by Crippen LogP contribution is -1.74. The van der Waals surface area contributed by atoms with E-state index in [4.69, 9.17) is 5.53 Å². The van der Waals surface area contributed by atoms with Crippen molar-refractivity contribution in [3.63, 3.8) is 0 Å². The van der Waals surface area contributed by atoms with E-state index in [1.165, 1.54) is 0 Å². The van der Waals surface area contributed by atoms with Gasteiger partial charge in [-0.05, 0) is 5.53 Å². The Bertz CT molecular complexity index is 65.2. The quantitative estimate of drug-likeness (QED) is 0.277. The lowest BCUT2D eigenvalue weighted by Gasteiger charge is -1.68. The van der Waals surface area contributed by atoms with E-state index >= 15 is 0 Å². The van der Waals surface area contributed by atoms with Gasteiger partial charge in [-0.2, -0.15) is 0 Å². The molecule has 0 heterocycles. The van der Waals surface area contributed by atoms with Crippen LogP contribution in [0.2, 0.25) is 0 Å². The molecule has 0 unspecified atom stereocenters. The Balaban J connectivity index is 2.86. The van der Waals surface area contributed by atoms with Crippen LogP contribution in [0.3, 0.4) is 0 Å². The molecule has 0 atom stereocenters. The third-order valence-corrected chi connectivity index (χ3v) is 0.248. The first kappa shape index (κ1) is 5.24. The van der Waals surface area contributed by atoms with E-state index in [0.29, 0.717) is 0 Å². The van der Waals surface area contributed by atoms with Crippen molar-refractivity contribution < 1.29 is 4.39 Å². The van der Waals surface area contributed by atoms with Gasteiger partial charge in [-0.15, -0.1) is 0 Å². The van der Waals surface area contributed by atoms with Crippen LogP contribution in [-0.2, 0) is 0 Å². The summed E-state index contributed by atoms with van der Waals surface area (Å²) < 4.78 is 10.9. The Labute approximate surface area is 34.4 Å². The fourth-order valence-corrected chi connectivity index (χ4v) is 0.0825. The highest BCUT2D eigenvalue weighted by Crippen LogP contribution is 1.69.